The fourth-order valence-electron chi connectivity index (χ4n) is 7.86. The number of β-amino-alcohol motifs (C(OH)–C–C–N with tert-alkyl or cyclic N) is 1. The van der Waals surface area contributed by atoms with E-state index in [2.05, 4.69) is 16.0 Å². The molecule has 64 heavy (non-hydrogen) atoms. The maximum Gasteiger partial charge on any atom is 0.305 e. The fourth-order valence-corrected chi connectivity index (χ4v) is 7.86. The average Bonchev–Trinajstić information content (AvgIpc) is 3.90. The van der Waals surface area contributed by atoms with Crippen LogP contribution in [0.4, 0.5) is 0 Å². The van der Waals surface area contributed by atoms with Gasteiger partial charge in [0, 0.05) is 88.8 Å². The highest BCUT2D eigenvalue weighted by atomic mass is 16.5. The first kappa shape index (κ1) is 55.5. The maximum absolute atomic E-state index is 13.8. The number of unbranched alkanes of at least 4 members (excludes halogenated alkanes) is 2. The van der Waals surface area contributed by atoms with Crippen LogP contribution < -0.4 is 21.1 Å². The van der Waals surface area contributed by atoms with Crippen LogP contribution in [-0.4, -0.2) is 170 Å². The molecule has 19 nitrogen and oxygen atoms in total. The molecule has 4 amide bonds. The second-order valence-electron chi connectivity index (χ2n) is 18.2. The number of hydrogen-bond donors (Lipinski definition) is 4. The first-order chi connectivity index (χ1) is 30.2. The summed E-state index contributed by atoms with van der Waals surface area (Å²) in [6.07, 6.45) is 1.10. The summed E-state index contributed by atoms with van der Waals surface area (Å²) < 4.78 is 5.92. The zero-order valence-corrected chi connectivity index (χ0v) is 38.9. The van der Waals surface area contributed by atoms with Gasteiger partial charge in [-0.3, -0.25) is 43.2 Å². The zero-order valence-electron chi connectivity index (χ0n) is 38.9. The van der Waals surface area contributed by atoms with Crippen molar-refractivity contribution >= 4 is 58.7 Å². The molecule has 2 fully saturated rings. The second kappa shape index (κ2) is 28.3. The lowest BCUT2D eigenvalue weighted by Crippen LogP contribution is -2.45. The highest BCUT2D eigenvalue weighted by molar-refractivity contribution is 5.96. The van der Waals surface area contributed by atoms with E-state index in [1.807, 2.05) is 21.1 Å². The number of carbonyl (C=O) groups is 10. The third kappa shape index (κ3) is 20.5. The molecule has 6 atom stereocenters. The standard InChI is InChI=1S/C45H74N6O13/c1-7-37(54)36-27-34(53)29-50(36)45(63)32(17-20-42(59)60)25-33(52)28-48-44(62)31(26-39(56)35-14-12-22-49(35)41(58)19-18-38(55)30(2)46-3)13-10-11-21-47-40(57)15-8-9-16-43(61)64-24-23-51(4,5)6/h30-32,34-36,46,53H,7-29H2,1-6H3,(H2-,47,48,57,59,60,62). The van der Waals surface area contributed by atoms with Crippen LogP contribution in [0.15, 0.2) is 0 Å². The SMILES string of the molecule is CCC(=O)C1CC(O)CN1C(=O)C(CCC(=O)[O-])CC(=O)CNC(=O)C(CCCCNC(=O)CCCCC(=O)OCC[N+](C)(C)C)CC(=O)C1CCCN1C(=O)CCC(=O)C(C)NC. The van der Waals surface area contributed by atoms with E-state index in [0.717, 1.165) is 0 Å². The van der Waals surface area contributed by atoms with Crippen molar-refractivity contribution in [1.82, 2.24) is 25.8 Å². The van der Waals surface area contributed by atoms with Crippen LogP contribution in [0.5, 0.6) is 0 Å². The number of ether oxygens (including phenoxy) is 1. The number of carboxylic acids is 1. The number of Topliss-reactive ketones (excluding diaryl/α,β-unsaturated/α-hetero) is 4. The number of quaternary nitrogens is 1. The van der Waals surface area contributed by atoms with Gasteiger partial charge < -0.3 is 50.0 Å². The number of aliphatic hydroxyl groups is 1. The van der Waals surface area contributed by atoms with E-state index in [1.54, 1.807) is 20.9 Å². The number of likely N-dealkylation sites (N-methyl/N-ethyl adjacent to an activating group) is 2. The Hall–Kier alpha value is -4.62. The van der Waals surface area contributed by atoms with Gasteiger partial charge >= 0.3 is 5.97 Å². The Morgan fingerprint density at radius 1 is 0.812 bits per heavy atom. The molecule has 2 aliphatic heterocycles. The Kier molecular flexibility index (Phi) is 24.6. The van der Waals surface area contributed by atoms with Crippen LogP contribution in [0.25, 0.3) is 0 Å². The van der Waals surface area contributed by atoms with Crippen molar-refractivity contribution in [2.24, 2.45) is 11.8 Å². The summed E-state index contributed by atoms with van der Waals surface area (Å²) in [4.78, 5) is 131. The molecule has 0 aromatic heterocycles. The summed E-state index contributed by atoms with van der Waals surface area (Å²) in [5.41, 5.74) is 0. The molecule has 19 heteroatoms. The molecule has 6 unspecified atom stereocenters. The number of rotatable bonds is 32. The number of carboxylic acid groups (broad SMARTS) is 1. The normalized spacial score (nSPS) is 18.8. The van der Waals surface area contributed by atoms with Crippen molar-refractivity contribution in [2.45, 2.75) is 147 Å². The van der Waals surface area contributed by atoms with Gasteiger partial charge in [0.2, 0.25) is 23.6 Å². The van der Waals surface area contributed by atoms with Crippen molar-refractivity contribution in [3.63, 3.8) is 0 Å². The summed E-state index contributed by atoms with van der Waals surface area (Å²) in [6.45, 7) is 4.28. The van der Waals surface area contributed by atoms with Crippen LogP contribution in [0.2, 0.25) is 0 Å². The monoisotopic (exact) mass is 907 g/mol. The molecular formula is C45H74N6O13. The number of amides is 4. The first-order valence-electron chi connectivity index (χ1n) is 22.9. The molecule has 0 spiro atoms. The van der Waals surface area contributed by atoms with Crippen LogP contribution in [0.3, 0.4) is 0 Å². The summed E-state index contributed by atoms with van der Waals surface area (Å²) in [5, 5.41) is 29.8. The number of likely N-dealkylation sites (tertiary alicyclic amines) is 2. The van der Waals surface area contributed by atoms with E-state index in [1.165, 1.54) is 9.80 Å². The smallest absolute Gasteiger partial charge is 0.305 e. The summed E-state index contributed by atoms with van der Waals surface area (Å²) in [5.74, 6) is -6.95. The summed E-state index contributed by atoms with van der Waals surface area (Å²) in [6, 6.07) is -2.11. The van der Waals surface area contributed by atoms with Gasteiger partial charge in [0.15, 0.2) is 17.3 Å². The Labute approximate surface area is 377 Å². The van der Waals surface area contributed by atoms with Gasteiger partial charge in [-0.05, 0) is 65.3 Å². The number of esters is 1. The van der Waals surface area contributed by atoms with Gasteiger partial charge in [-0.1, -0.05) is 13.3 Å². The number of aliphatic carboxylic acids is 1. The molecule has 0 aromatic carbocycles. The predicted octanol–water partition coefficient (Wildman–Crippen LogP) is -0.231. The largest absolute Gasteiger partial charge is 0.550 e. The van der Waals surface area contributed by atoms with Gasteiger partial charge in [-0.15, -0.1) is 0 Å². The van der Waals surface area contributed by atoms with E-state index in [4.69, 9.17) is 4.74 Å². The first-order valence-corrected chi connectivity index (χ1v) is 22.9. The van der Waals surface area contributed by atoms with Crippen molar-refractivity contribution < 1.29 is 67.4 Å². The Balaban J connectivity index is 2.05. The highest BCUT2D eigenvalue weighted by Gasteiger charge is 2.41. The lowest BCUT2D eigenvalue weighted by molar-refractivity contribution is -0.870. The van der Waals surface area contributed by atoms with E-state index in [0.29, 0.717) is 69.2 Å². The molecule has 2 heterocycles. The lowest BCUT2D eigenvalue weighted by atomic mass is 9.91. The number of nitrogens with zero attached hydrogens (tertiary/aromatic N) is 3. The predicted molar refractivity (Wildman–Crippen MR) is 232 cm³/mol. The fraction of sp³-hybridized carbons (Fsp3) is 0.778. The minimum absolute atomic E-state index is 0.0109. The molecule has 0 bridgehead atoms. The quantitative estimate of drug-likeness (QED) is 0.0386. The maximum atomic E-state index is 13.8. The Morgan fingerprint density at radius 2 is 1.52 bits per heavy atom. The molecule has 4 N–H and O–H groups in total. The minimum atomic E-state index is -1.44. The topological polar surface area (TPSA) is 266 Å². The Bertz CT molecular complexity index is 1630. The molecule has 2 rings (SSSR count). The van der Waals surface area contributed by atoms with E-state index in [9.17, 15) is 58.2 Å². The van der Waals surface area contributed by atoms with Gasteiger partial charge in [0.05, 0.1) is 51.9 Å². The summed E-state index contributed by atoms with van der Waals surface area (Å²) in [7, 11) is 7.64. The molecule has 0 aromatic rings. The van der Waals surface area contributed by atoms with Gasteiger partial charge in [-0.2, -0.15) is 0 Å². The molecule has 0 aliphatic carbocycles. The minimum Gasteiger partial charge on any atom is -0.550 e. The second-order valence-corrected chi connectivity index (χ2v) is 18.2. The van der Waals surface area contributed by atoms with Gasteiger partial charge in [0.25, 0.3) is 0 Å². The number of carbonyl (C=O) groups excluding carboxylic acids is 10. The van der Waals surface area contributed by atoms with E-state index in [-0.39, 0.29) is 99.5 Å². The van der Waals surface area contributed by atoms with Crippen molar-refractivity contribution in [3.8, 4) is 0 Å². The zero-order chi connectivity index (χ0) is 48.0. The third-order valence-electron chi connectivity index (χ3n) is 11.9. The number of aliphatic hydroxyl groups excluding tert-OH is 1. The van der Waals surface area contributed by atoms with E-state index < -0.39 is 79.0 Å². The van der Waals surface area contributed by atoms with Crippen molar-refractivity contribution in [2.75, 3.05) is 67.5 Å². The average molecular weight is 907 g/mol. The van der Waals surface area contributed by atoms with Gasteiger partial charge in [-0.25, -0.2) is 0 Å². The molecule has 362 valence electrons. The molecule has 0 radical (unpaired) electrons. The molecule has 2 saturated heterocycles. The number of ketones is 4. The van der Waals surface area contributed by atoms with Crippen LogP contribution in [-0.2, 0) is 52.7 Å². The molecular weight excluding hydrogens is 833 g/mol. The molecule has 0 saturated carbocycles. The lowest BCUT2D eigenvalue weighted by Gasteiger charge is -2.28. The Morgan fingerprint density at radius 3 is 2.17 bits per heavy atom. The third-order valence-corrected chi connectivity index (χ3v) is 11.9. The van der Waals surface area contributed by atoms with Crippen molar-refractivity contribution in [1.29, 1.82) is 0 Å². The van der Waals surface area contributed by atoms with Crippen LogP contribution >= 0.6 is 0 Å². The number of hydrogen-bond acceptors (Lipinski definition) is 14. The van der Waals surface area contributed by atoms with Crippen LogP contribution in [0, 0.1) is 11.8 Å². The summed E-state index contributed by atoms with van der Waals surface area (Å²) >= 11 is 0. The van der Waals surface area contributed by atoms with Gasteiger partial charge in [0.1, 0.15) is 18.9 Å². The highest BCUT2D eigenvalue weighted by Crippen LogP contribution is 2.27. The van der Waals surface area contributed by atoms with Crippen LogP contribution in [0.1, 0.15) is 123 Å². The van der Waals surface area contributed by atoms with Crippen molar-refractivity contribution in [3.05, 3.63) is 0 Å². The van der Waals surface area contributed by atoms with E-state index >= 15 is 0 Å². The molecule has 2 aliphatic rings. The number of nitrogens with one attached hydrogen (secondary N) is 3.